The number of hydrogen-bond donors (Lipinski definition) is 2. The monoisotopic (exact) mass is 395 g/mol. The van der Waals surface area contributed by atoms with E-state index in [0.29, 0.717) is 17.9 Å². The van der Waals surface area contributed by atoms with Crippen LogP contribution in [0.3, 0.4) is 0 Å². The quantitative estimate of drug-likeness (QED) is 0.650. The molecule has 1 aromatic heterocycles. The zero-order valence-corrected chi connectivity index (χ0v) is 15.4. The van der Waals surface area contributed by atoms with E-state index >= 15 is 0 Å². The molecule has 0 saturated heterocycles. The number of aromatic nitrogens is 1. The first-order valence-corrected chi connectivity index (χ1v) is 8.72. The second kappa shape index (κ2) is 7.94. The number of rotatable bonds is 5. The molecule has 0 bridgehead atoms. The van der Waals surface area contributed by atoms with Crippen LogP contribution < -0.4 is 10.6 Å². The van der Waals surface area contributed by atoms with Crippen molar-refractivity contribution in [1.82, 2.24) is 10.3 Å². The number of amides is 1. The predicted octanol–water partition coefficient (Wildman–Crippen LogP) is 4.83. The van der Waals surface area contributed by atoms with Crippen LogP contribution in [0.25, 0.3) is 0 Å². The molecule has 1 heterocycles. The maximum Gasteiger partial charge on any atom is 0.253 e. The van der Waals surface area contributed by atoms with Crippen molar-refractivity contribution in [3.05, 3.63) is 88.0 Å². The zero-order chi connectivity index (χ0) is 17.6. The Hall–Kier alpha value is -2.66. The molecule has 2 N–H and O–H groups in total. The Morgan fingerprint density at radius 1 is 1.08 bits per heavy atom. The van der Waals surface area contributed by atoms with Gasteiger partial charge in [0.25, 0.3) is 5.91 Å². The van der Waals surface area contributed by atoms with E-state index in [4.69, 9.17) is 0 Å². The molecule has 25 heavy (non-hydrogen) atoms. The molecule has 0 aliphatic carbocycles. The number of carbonyl (C=O) groups is 1. The first-order valence-electron chi connectivity index (χ1n) is 7.93. The largest absolute Gasteiger partial charge is 0.348 e. The van der Waals surface area contributed by atoms with Crippen molar-refractivity contribution in [2.24, 2.45) is 0 Å². The van der Waals surface area contributed by atoms with Crippen LogP contribution in [-0.2, 0) is 6.54 Å². The average molecular weight is 396 g/mol. The molecule has 0 aliphatic rings. The highest BCUT2D eigenvalue weighted by molar-refractivity contribution is 9.10. The lowest BCUT2D eigenvalue weighted by molar-refractivity contribution is 0.0950. The number of benzene rings is 2. The summed E-state index contributed by atoms with van der Waals surface area (Å²) >= 11 is 3.51. The van der Waals surface area contributed by atoms with E-state index < -0.39 is 0 Å². The number of pyridine rings is 1. The van der Waals surface area contributed by atoms with E-state index in [1.807, 2.05) is 55.5 Å². The number of nitrogens with one attached hydrogen (secondary N) is 2. The van der Waals surface area contributed by atoms with Gasteiger partial charge in [0.2, 0.25) is 0 Å². The Morgan fingerprint density at radius 3 is 2.56 bits per heavy atom. The van der Waals surface area contributed by atoms with Crippen LogP contribution in [0.5, 0.6) is 0 Å². The van der Waals surface area contributed by atoms with E-state index in [1.54, 1.807) is 18.3 Å². The molecular weight excluding hydrogens is 378 g/mol. The third kappa shape index (κ3) is 4.67. The molecule has 3 rings (SSSR count). The van der Waals surface area contributed by atoms with Crippen LogP contribution in [0.4, 0.5) is 11.5 Å². The summed E-state index contributed by atoms with van der Waals surface area (Å²) in [5.74, 6) is 0.552. The van der Waals surface area contributed by atoms with Gasteiger partial charge in [-0.25, -0.2) is 4.98 Å². The predicted molar refractivity (Wildman–Crippen MR) is 104 cm³/mol. The van der Waals surface area contributed by atoms with E-state index in [2.05, 4.69) is 31.5 Å². The molecule has 0 saturated carbocycles. The van der Waals surface area contributed by atoms with Gasteiger partial charge < -0.3 is 10.6 Å². The van der Waals surface area contributed by atoms with Crippen molar-refractivity contribution >= 4 is 33.3 Å². The average Bonchev–Trinajstić information content (AvgIpc) is 2.64. The Labute approximate surface area is 155 Å². The van der Waals surface area contributed by atoms with Gasteiger partial charge in [0.05, 0.1) is 5.56 Å². The summed E-state index contributed by atoms with van der Waals surface area (Å²) in [4.78, 5) is 16.5. The van der Waals surface area contributed by atoms with Crippen molar-refractivity contribution in [2.75, 3.05) is 5.32 Å². The summed E-state index contributed by atoms with van der Waals surface area (Å²) in [6.45, 7) is 2.53. The summed E-state index contributed by atoms with van der Waals surface area (Å²) < 4.78 is 1.04. The van der Waals surface area contributed by atoms with Crippen molar-refractivity contribution in [1.29, 1.82) is 0 Å². The standard InChI is InChI=1S/C20H18BrN3O/c1-14-7-9-17(11-18(14)21)24-19-10-8-16(13-22-19)20(25)23-12-15-5-3-2-4-6-15/h2-11,13H,12H2,1H3,(H,22,24)(H,23,25). The van der Waals surface area contributed by atoms with Gasteiger partial charge in [0.15, 0.2) is 0 Å². The minimum absolute atomic E-state index is 0.138. The van der Waals surface area contributed by atoms with Gasteiger partial charge in [0, 0.05) is 22.9 Å². The van der Waals surface area contributed by atoms with Gasteiger partial charge in [-0.15, -0.1) is 0 Å². The highest BCUT2D eigenvalue weighted by Crippen LogP contribution is 2.22. The van der Waals surface area contributed by atoms with E-state index in [9.17, 15) is 4.79 Å². The Balaban J connectivity index is 1.61. The summed E-state index contributed by atoms with van der Waals surface area (Å²) in [6, 6.07) is 19.4. The molecule has 0 fully saturated rings. The lowest BCUT2D eigenvalue weighted by Gasteiger charge is -2.09. The van der Waals surface area contributed by atoms with E-state index in [1.165, 1.54) is 5.56 Å². The minimum Gasteiger partial charge on any atom is -0.348 e. The number of nitrogens with zero attached hydrogens (tertiary/aromatic N) is 1. The maximum absolute atomic E-state index is 12.2. The van der Waals surface area contributed by atoms with Gasteiger partial charge in [-0.05, 0) is 42.3 Å². The molecule has 3 aromatic rings. The SMILES string of the molecule is Cc1ccc(Nc2ccc(C(=O)NCc3ccccc3)cn2)cc1Br. The Kier molecular flexibility index (Phi) is 5.46. The fourth-order valence-electron chi connectivity index (χ4n) is 2.30. The second-order valence-electron chi connectivity index (χ2n) is 5.69. The normalized spacial score (nSPS) is 10.3. The van der Waals surface area contributed by atoms with Gasteiger partial charge in [-0.3, -0.25) is 4.79 Å². The van der Waals surface area contributed by atoms with Gasteiger partial charge in [-0.1, -0.05) is 52.3 Å². The van der Waals surface area contributed by atoms with Crippen LogP contribution in [0.1, 0.15) is 21.5 Å². The third-order valence-corrected chi connectivity index (χ3v) is 4.62. The van der Waals surface area contributed by atoms with Crippen LogP contribution in [0.15, 0.2) is 71.3 Å². The molecule has 0 unspecified atom stereocenters. The number of hydrogen-bond acceptors (Lipinski definition) is 3. The molecule has 5 heteroatoms. The summed E-state index contributed by atoms with van der Waals surface area (Å²) in [5, 5.41) is 6.12. The molecule has 126 valence electrons. The Bertz CT molecular complexity index is 864. The number of carbonyl (C=O) groups excluding carboxylic acids is 1. The summed E-state index contributed by atoms with van der Waals surface area (Å²) in [7, 11) is 0. The smallest absolute Gasteiger partial charge is 0.253 e. The zero-order valence-electron chi connectivity index (χ0n) is 13.8. The molecule has 2 aromatic carbocycles. The minimum atomic E-state index is -0.138. The molecular formula is C20H18BrN3O. The number of anilines is 2. The second-order valence-corrected chi connectivity index (χ2v) is 6.54. The molecule has 4 nitrogen and oxygen atoms in total. The number of aryl methyl sites for hydroxylation is 1. The lowest BCUT2D eigenvalue weighted by atomic mass is 10.2. The highest BCUT2D eigenvalue weighted by atomic mass is 79.9. The van der Waals surface area contributed by atoms with Crippen molar-refractivity contribution in [3.8, 4) is 0 Å². The maximum atomic E-state index is 12.2. The molecule has 0 spiro atoms. The molecule has 0 aliphatic heterocycles. The number of halogens is 1. The van der Waals surface area contributed by atoms with Crippen molar-refractivity contribution in [3.63, 3.8) is 0 Å². The van der Waals surface area contributed by atoms with Crippen LogP contribution in [0.2, 0.25) is 0 Å². The Morgan fingerprint density at radius 2 is 1.88 bits per heavy atom. The highest BCUT2D eigenvalue weighted by Gasteiger charge is 2.06. The van der Waals surface area contributed by atoms with E-state index in [-0.39, 0.29) is 5.91 Å². The van der Waals surface area contributed by atoms with Gasteiger partial charge >= 0.3 is 0 Å². The van der Waals surface area contributed by atoms with Crippen LogP contribution >= 0.6 is 15.9 Å². The first kappa shape index (κ1) is 17.2. The lowest BCUT2D eigenvalue weighted by Crippen LogP contribution is -2.22. The van der Waals surface area contributed by atoms with Gasteiger partial charge in [-0.2, -0.15) is 0 Å². The van der Waals surface area contributed by atoms with Crippen LogP contribution in [0, 0.1) is 6.92 Å². The molecule has 0 radical (unpaired) electrons. The van der Waals surface area contributed by atoms with Crippen molar-refractivity contribution in [2.45, 2.75) is 13.5 Å². The topological polar surface area (TPSA) is 54.0 Å². The summed E-state index contributed by atoms with van der Waals surface area (Å²) in [6.07, 6.45) is 1.58. The van der Waals surface area contributed by atoms with Crippen molar-refractivity contribution < 1.29 is 4.79 Å². The fourth-order valence-corrected chi connectivity index (χ4v) is 2.68. The van der Waals surface area contributed by atoms with Crippen LogP contribution in [-0.4, -0.2) is 10.9 Å². The van der Waals surface area contributed by atoms with E-state index in [0.717, 1.165) is 15.7 Å². The van der Waals surface area contributed by atoms with Gasteiger partial charge in [0.1, 0.15) is 5.82 Å². The summed E-state index contributed by atoms with van der Waals surface area (Å²) in [5.41, 5.74) is 3.70. The molecule has 0 atom stereocenters. The molecule has 1 amide bonds. The fraction of sp³-hybridized carbons (Fsp3) is 0.100. The third-order valence-electron chi connectivity index (χ3n) is 3.77. The first-order chi connectivity index (χ1) is 12.1.